The minimum Gasteiger partial charge on any atom is -0.289 e. The second-order valence-electron chi connectivity index (χ2n) is 10.4. The first kappa shape index (κ1) is 23.8. The molecular formula is C34H16N2O6. The molecule has 0 unspecified atom stereocenters. The molecule has 2 aliphatic rings. The van der Waals surface area contributed by atoms with Gasteiger partial charge in [-0.3, -0.25) is 29.8 Å². The maximum absolute atomic E-state index is 13.6. The first-order chi connectivity index (χ1) is 20.3. The van der Waals surface area contributed by atoms with Crippen LogP contribution in [-0.2, 0) is 0 Å². The Morgan fingerprint density at radius 2 is 1.02 bits per heavy atom. The van der Waals surface area contributed by atoms with Crippen LogP contribution in [0, 0.1) is 20.2 Å². The average Bonchev–Trinajstić information content (AvgIpc) is 3.01. The molecule has 0 heterocycles. The third kappa shape index (κ3) is 3.06. The van der Waals surface area contributed by atoms with Gasteiger partial charge in [0.15, 0.2) is 5.78 Å². The van der Waals surface area contributed by atoms with Crippen molar-refractivity contribution < 1.29 is 19.4 Å². The number of carbonyl (C=O) groups excluding carboxylic acids is 2. The van der Waals surface area contributed by atoms with Crippen molar-refractivity contribution in [1.82, 2.24) is 0 Å². The second-order valence-corrected chi connectivity index (χ2v) is 10.4. The summed E-state index contributed by atoms with van der Waals surface area (Å²) in [6, 6.07) is 28.6. The Balaban J connectivity index is 1.50. The Bertz CT molecular complexity index is 2300. The quantitative estimate of drug-likeness (QED) is 0.163. The van der Waals surface area contributed by atoms with E-state index in [9.17, 15) is 29.8 Å². The molecule has 6 aromatic rings. The fraction of sp³-hybridized carbons (Fsp3) is 0. The lowest BCUT2D eigenvalue weighted by atomic mass is 9.79. The molecule has 0 atom stereocenters. The summed E-state index contributed by atoms with van der Waals surface area (Å²) in [7, 11) is 0. The number of fused-ring (bicyclic) bond motifs is 4. The molecule has 2 aliphatic carbocycles. The lowest BCUT2D eigenvalue weighted by molar-refractivity contribution is -0.422. The van der Waals surface area contributed by atoms with Gasteiger partial charge < -0.3 is 0 Å². The van der Waals surface area contributed by atoms with Gasteiger partial charge in [0.2, 0.25) is 5.78 Å². The zero-order chi connectivity index (χ0) is 28.9. The molecule has 8 heteroatoms. The van der Waals surface area contributed by atoms with Gasteiger partial charge in [0.1, 0.15) is 5.56 Å². The number of hydrogen-bond acceptors (Lipinski definition) is 6. The number of nitro benzene ring substituents is 2. The normalized spacial score (nSPS) is 12.8. The summed E-state index contributed by atoms with van der Waals surface area (Å²) in [6.45, 7) is 0. The molecule has 0 spiro atoms. The lowest BCUT2D eigenvalue weighted by Crippen LogP contribution is -2.14. The van der Waals surface area contributed by atoms with Gasteiger partial charge in [-0.2, -0.15) is 0 Å². The van der Waals surface area contributed by atoms with Gasteiger partial charge in [-0.25, -0.2) is 0 Å². The SMILES string of the molecule is O=C1c2ccccc2-c2cc(-c3cc4c5c(c([N+](=O)[O-])c([N+](=O)[O-])cc5c3)C(=O)c3ccccc3-4)cc3cccc1c23. The Hall–Kier alpha value is -6.02. The van der Waals surface area contributed by atoms with Crippen LogP contribution in [0.2, 0.25) is 0 Å². The predicted molar refractivity (Wildman–Crippen MR) is 158 cm³/mol. The van der Waals surface area contributed by atoms with Gasteiger partial charge >= 0.3 is 11.4 Å². The van der Waals surface area contributed by atoms with Crippen LogP contribution >= 0.6 is 0 Å². The van der Waals surface area contributed by atoms with Crippen LogP contribution in [0.5, 0.6) is 0 Å². The molecule has 6 aromatic carbocycles. The van der Waals surface area contributed by atoms with E-state index in [2.05, 4.69) is 0 Å². The Labute approximate surface area is 236 Å². The van der Waals surface area contributed by atoms with Crippen LogP contribution in [-0.4, -0.2) is 21.4 Å². The van der Waals surface area contributed by atoms with E-state index in [0.29, 0.717) is 38.6 Å². The first-order valence-corrected chi connectivity index (χ1v) is 13.1. The second kappa shape index (κ2) is 8.25. The lowest BCUT2D eigenvalue weighted by Gasteiger charge is -2.23. The van der Waals surface area contributed by atoms with Gasteiger partial charge in [0.05, 0.1) is 9.85 Å². The minimum atomic E-state index is -0.846. The Morgan fingerprint density at radius 1 is 0.476 bits per heavy atom. The molecule has 0 bridgehead atoms. The topological polar surface area (TPSA) is 120 Å². The highest BCUT2D eigenvalue weighted by atomic mass is 16.6. The number of ketones is 2. The molecule has 0 fully saturated rings. The van der Waals surface area contributed by atoms with E-state index in [4.69, 9.17) is 0 Å². The van der Waals surface area contributed by atoms with E-state index >= 15 is 0 Å². The molecule has 0 aromatic heterocycles. The first-order valence-electron chi connectivity index (χ1n) is 13.1. The molecule has 8 rings (SSSR count). The molecule has 8 nitrogen and oxygen atoms in total. The van der Waals surface area contributed by atoms with Crippen LogP contribution in [0.25, 0.3) is 54.9 Å². The van der Waals surface area contributed by atoms with Crippen LogP contribution in [0.4, 0.5) is 11.4 Å². The third-order valence-corrected chi connectivity index (χ3v) is 8.28. The molecule has 0 radical (unpaired) electrons. The smallest absolute Gasteiger partial charge is 0.289 e. The van der Waals surface area contributed by atoms with Gasteiger partial charge in [-0.15, -0.1) is 0 Å². The monoisotopic (exact) mass is 548 g/mol. The summed E-state index contributed by atoms with van der Waals surface area (Å²) < 4.78 is 0. The van der Waals surface area contributed by atoms with Crippen molar-refractivity contribution in [2.24, 2.45) is 0 Å². The van der Waals surface area contributed by atoms with Crippen molar-refractivity contribution in [3.05, 3.63) is 140 Å². The Kier molecular flexibility index (Phi) is 4.68. The highest BCUT2D eigenvalue weighted by Gasteiger charge is 2.39. The molecule has 198 valence electrons. The van der Waals surface area contributed by atoms with Gasteiger partial charge in [-0.1, -0.05) is 66.7 Å². The molecule has 0 N–H and O–H groups in total. The fourth-order valence-corrected chi connectivity index (χ4v) is 6.55. The predicted octanol–water partition coefficient (Wildman–Crippen LogP) is 7.90. The number of nitro groups is 2. The van der Waals surface area contributed by atoms with E-state index in [-0.39, 0.29) is 16.9 Å². The molecule has 0 amide bonds. The maximum atomic E-state index is 13.6. The zero-order valence-electron chi connectivity index (χ0n) is 21.6. The third-order valence-electron chi connectivity index (χ3n) is 8.28. The van der Waals surface area contributed by atoms with Crippen molar-refractivity contribution in [2.45, 2.75) is 0 Å². The van der Waals surface area contributed by atoms with Crippen molar-refractivity contribution in [2.75, 3.05) is 0 Å². The maximum Gasteiger partial charge on any atom is 0.357 e. The highest BCUT2D eigenvalue weighted by Crippen LogP contribution is 2.49. The number of benzene rings is 6. The van der Waals surface area contributed by atoms with E-state index in [0.717, 1.165) is 27.5 Å². The summed E-state index contributed by atoms with van der Waals surface area (Å²) in [5.41, 5.74) is 4.11. The minimum absolute atomic E-state index is 0.0331. The molecular weight excluding hydrogens is 532 g/mol. The van der Waals surface area contributed by atoms with E-state index < -0.39 is 27.0 Å². The Morgan fingerprint density at radius 3 is 1.64 bits per heavy atom. The molecule has 0 saturated carbocycles. The van der Waals surface area contributed by atoms with Crippen molar-refractivity contribution in [3.63, 3.8) is 0 Å². The average molecular weight is 549 g/mol. The van der Waals surface area contributed by atoms with Crippen LogP contribution in [0.3, 0.4) is 0 Å². The van der Waals surface area contributed by atoms with Crippen molar-refractivity contribution in [3.8, 4) is 33.4 Å². The summed E-state index contributed by atoms with van der Waals surface area (Å²) >= 11 is 0. The summed E-state index contributed by atoms with van der Waals surface area (Å²) in [5, 5.41) is 26.5. The van der Waals surface area contributed by atoms with Gasteiger partial charge in [0, 0.05) is 33.5 Å². The zero-order valence-corrected chi connectivity index (χ0v) is 21.6. The molecule has 42 heavy (non-hydrogen) atoms. The van der Waals surface area contributed by atoms with Crippen molar-refractivity contribution >= 4 is 44.5 Å². The fourth-order valence-electron chi connectivity index (χ4n) is 6.55. The largest absolute Gasteiger partial charge is 0.357 e. The van der Waals surface area contributed by atoms with E-state index in [1.54, 1.807) is 30.3 Å². The number of rotatable bonds is 3. The van der Waals surface area contributed by atoms with E-state index in [1.165, 1.54) is 6.07 Å². The van der Waals surface area contributed by atoms with E-state index in [1.807, 2.05) is 60.7 Å². The number of carbonyl (C=O) groups is 2. The highest BCUT2D eigenvalue weighted by molar-refractivity contribution is 6.29. The molecule has 0 saturated heterocycles. The van der Waals surface area contributed by atoms with Crippen LogP contribution in [0.15, 0.2) is 97.1 Å². The standard InChI is InChI=1S/C34H16N2O6/c37-33-23-9-3-1-7-21(23)26-14-18(12-17-6-5-11-25(33)29(17)26)19-13-20-16-28(35(39)40)32(36(41)42)31-30(20)27(15-19)22-8-2-4-10-24(22)34(31)38/h1-16H. The van der Waals surface area contributed by atoms with Gasteiger partial charge in [-0.05, 0) is 68.4 Å². The van der Waals surface area contributed by atoms with Crippen LogP contribution < -0.4 is 0 Å². The summed E-state index contributed by atoms with van der Waals surface area (Å²) in [5.74, 6) is -0.649. The summed E-state index contributed by atoms with van der Waals surface area (Å²) in [4.78, 5) is 49.4. The van der Waals surface area contributed by atoms with Crippen LogP contribution in [0.1, 0.15) is 31.8 Å². The summed E-state index contributed by atoms with van der Waals surface area (Å²) in [6.07, 6.45) is 0. The number of hydrogen-bond donors (Lipinski definition) is 0. The van der Waals surface area contributed by atoms with Crippen molar-refractivity contribution in [1.29, 1.82) is 0 Å². The van der Waals surface area contributed by atoms with Gasteiger partial charge in [0.25, 0.3) is 0 Å². The molecule has 0 aliphatic heterocycles. The number of nitrogens with zero attached hydrogens (tertiary/aromatic N) is 2.